The Kier molecular flexibility index (Phi) is 7.47. The number of benzene rings is 1. The molecule has 1 heterocycles. The first kappa shape index (κ1) is 19.5. The molecule has 0 atom stereocenters. The van der Waals surface area contributed by atoms with Crippen LogP contribution >= 0.6 is 23.2 Å². The zero-order chi connectivity index (χ0) is 18.2. The number of rotatable bonds is 8. The van der Waals surface area contributed by atoms with Gasteiger partial charge < -0.3 is 10.6 Å². The SMILES string of the molecule is CC(C)CCNC(=O)c1cnc(NCCc2ccc(Cl)cc2Cl)cn1. The molecule has 0 aliphatic carbocycles. The van der Waals surface area contributed by atoms with Crippen molar-refractivity contribution in [1.82, 2.24) is 15.3 Å². The first-order valence-electron chi connectivity index (χ1n) is 8.23. The van der Waals surface area contributed by atoms with Crippen LogP contribution in [-0.2, 0) is 6.42 Å². The van der Waals surface area contributed by atoms with Crippen molar-refractivity contribution < 1.29 is 4.79 Å². The van der Waals surface area contributed by atoms with E-state index in [2.05, 4.69) is 34.4 Å². The first-order valence-corrected chi connectivity index (χ1v) is 8.99. The van der Waals surface area contributed by atoms with Gasteiger partial charge in [0, 0.05) is 23.1 Å². The lowest BCUT2D eigenvalue weighted by Gasteiger charge is -2.08. The Morgan fingerprint density at radius 3 is 2.60 bits per heavy atom. The van der Waals surface area contributed by atoms with Crippen LogP contribution in [0.5, 0.6) is 0 Å². The minimum absolute atomic E-state index is 0.201. The standard InChI is InChI=1S/C18H22Cl2N4O/c1-12(2)5-7-22-18(25)16-10-24-17(11-23-16)21-8-6-13-3-4-14(19)9-15(13)20/h3-4,9-12H,5-8H2,1-2H3,(H,21,24)(H,22,25). The largest absolute Gasteiger partial charge is 0.368 e. The van der Waals surface area contributed by atoms with E-state index in [1.807, 2.05) is 12.1 Å². The molecule has 1 aromatic heterocycles. The molecule has 0 aliphatic heterocycles. The smallest absolute Gasteiger partial charge is 0.271 e. The summed E-state index contributed by atoms with van der Waals surface area (Å²) in [5, 5.41) is 7.27. The molecule has 0 bridgehead atoms. The van der Waals surface area contributed by atoms with E-state index < -0.39 is 0 Å². The second kappa shape index (κ2) is 9.59. The van der Waals surface area contributed by atoms with E-state index in [1.165, 1.54) is 6.20 Å². The number of hydrogen-bond acceptors (Lipinski definition) is 4. The van der Waals surface area contributed by atoms with Gasteiger partial charge in [-0.15, -0.1) is 0 Å². The minimum atomic E-state index is -0.201. The number of carbonyl (C=O) groups is 1. The Bertz CT molecular complexity index is 705. The summed E-state index contributed by atoms with van der Waals surface area (Å²) < 4.78 is 0. The summed E-state index contributed by atoms with van der Waals surface area (Å²) in [6, 6.07) is 5.45. The van der Waals surface area contributed by atoms with Gasteiger partial charge in [0.25, 0.3) is 5.91 Å². The molecule has 0 radical (unpaired) electrons. The van der Waals surface area contributed by atoms with E-state index in [0.717, 1.165) is 18.4 Å². The third-order valence-corrected chi connectivity index (χ3v) is 4.19. The van der Waals surface area contributed by atoms with Gasteiger partial charge in [0.1, 0.15) is 11.5 Å². The van der Waals surface area contributed by atoms with E-state index in [-0.39, 0.29) is 5.91 Å². The monoisotopic (exact) mass is 380 g/mol. The number of amides is 1. The van der Waals surface area contributed by atoms with Gasteiger partial charge in [0.05, 0.1) is 12.4 Å². The summed E-state index contributed by atoms with van der Waals surface area (Å²) >= 11 is 12.0. The number of nitrogens with one attached hydrogen (secondary N) is 2. The van der Waals surface area contributed by atoms with E-state index in [4.69, 9.17) is 23.2 Å². The molecule has 1 aromatic carbocycles. The number of hydrogen-bond donors (Lipinski definition) is 2. The average Bonchev–Trinajstić information content (AvgIpc) is 2.57. The van der Waals surface area contributed by atoms with Crippen molar-refractivity contribution in [2.24, 2.45) is 5.92 Å². The topological polar surface area (TPSA) is 66.9 Å². The molecule has 0 saturated carbocycles. The molecule has 0 saturated heterocycles. The van der Waals surface area contributed by atoms with Crippen LogP contribution in [0.1, 0.15) is 36.3 Å². The Hall–Kier alpha value is -1.85. The summed E-state index contributed by atoms with van der Waals surface area (Å²) in [6.45, 7) is 5.52. The second-order valence-electron chi connectivity index (χ2n) is 6.14. The van der Waals surface area contributed by atoms with Crippen LogP contribution in [0.4, 0.5) is 5.82 Å². The summed E-state index contributed by atoms with van der Waals surface area (Å²) in [4.78, 5) is 20.3. The molecule has 2 N–H and O–H groups in total. The van der Waals surface area contributed by atoms with Gasteiger partial charge in [-0.25, -0.2) is 9.97 Å². The van der Waals surface area contributed by atoms with Crippen molar-refractivity contribution in [2.75, 3.05) is 18.4 Å². The van der Waals surface area contributed by atoms with Crippen LogP contribution in [0.2, 0.25) is 10.0 Å². The predicted octanol–water partition coefficient (Wildman–Crippen LogP) is 4.21. The van der Waals surface area contributed by atoms with Gasteiger partial charge in [0.15, 0.2) is 0 Å². The molecule has 1 amide bonds. The number of aromatic nitrogens is 2. The molecular formula is C18H22Cl2N4O. The van der Waals surface area contributed by atoms with Crippen LogP contribution < -0.4 is 10.6 Å². The maximum absolute atomic E-state index is 11.9. The fourth-order valence-electron chi connectivity index (χ4n) is 2.15. The van der Waals surface area contributed by atoms with E-state index in [9.17, 15) is 4.79 Å². The van der Waals surface area contributed by atoms with Crippen LogP contribution in [0.25, 0.3) is 0 Å². The molecule has 0 fully saturated rings. The number of anilines is 1. The predicted molar refractivity (Wildman–Crippen MR) is 102 cm³/mol. The molecule has 0 unspecified atom stereocenters. The van der Waals surface area contributed by atoms with Gasteiger partial charge in [-0.3, -0.25) is 4.79 Å². The Morgan fingerprint density at radius 1 is 1.16 bits per heavy atom. The Labute approximate surface area is 158 Å². The molecule has 0 aliphatic rings. The van der Waals surface area contributed by atoms with Crippen molar-refractivity contribution in [2.45, 2.75) is 26.7 Å². The lowest BCUT2D eigenvalue weighted by molar-refractivity contribution is 0.0946. The highest BCUT2D eigenvalue weighted by molar-refractivity contribution is 6.35. The van der Waals surface area contributed by atoms with Gasteiger partial charge in [-0.1, -0.05) is 43.1 Å². The molecule has 25 heavy (non-hydrogen) atoms. The van der Waals surface area contributed by atoms with Gasteiger partial charge in [-0.2, -0.15) is 0 Å². The van der Waals surface area contributed by atoms with Crippen LogP contribution in [0, 0.1) is 5.92 Å². The molecule has 7 heteroatoms. The average molecular weight is 381 g/mol. The third-order valence-electron chi connectivity index (χ3n) is 3.61. The Balaban J connectivity index is 1.80. The first-order chi connectivity index (χ1) is 12.0. The molecule has 2 aromatic rings. The maximum Gasteiger partial charge on any atom is 0.271 e. The molecular weight excluding hydrogens is 359 g/mol. The number of carbonyl (C=O) groups excluding carboxylic acids is 1. The van der Waals surface area contributed by atoms with Crippen molar-refractivity contribution in [3.8, 4) is 0 Å². The number of halogens is 2. The quantitative estimate of drug-likeness (QED) is 0.719. The van der Waals surface area contributed by atoms with Crippen LogP contribution in [0.3, 0.4) is 0 Å². The zero-order valence-electron chi connectivity index (χ0n) is 14.4. The van der Waals surface area contributed by atoms with Crippen LogP contribution in [-0.4, -0.2) is 29.0 Å². The third kappa shape index (κ3) is 6.52. The summed E-state index contributed by atoms with van der Waals surface area (Å²) in [7, 11) is 0. The molecule has 134 valence electrons. The number of nitrogens with zero attached hydrogens (tertiary/aromatic N) is 2. The lowest BCUT2D eigenvalue weighted by atomic mass is 10.1. The van der Waals surface area contributed by atoms with Gasteiger partial charge in [0.2, 0.25) is 0 Å². The minimum Gasteiger partial charge on any atom is -0.368 e. The van der Waals surface area contributed by atoms with Crippen molar-refractivity contribution >= 4 is 34.9 Å². The van der Waals surface area contributed by atoms with Crippen molar-refractivity contribution in [3.63, 3.8) is 0 Å². The van der Waals surface area contributed by atoms with E-state index in [1.54, 1.807) is 12.3 Å². The fraction of sp³-hybridized carbons (Fsp3) is 0.389. The molecule has 5 nitrogen and oxygen atoms in total. The van der Waals surface area contributed by atoms with Crippen LogP contribution in [0.15, 0.2) is 30.6 Å². The van der Waals surface area contributed by atoms with Gasteiger partial charge in [-0.05, 0) is 36.5 Å². The van der Waals surface area contributed by atoms with Crippen molar-refractivity contribution in [1.29, 1.82) is 0 Å². The van der Waals surface area contributed by atoms with Crippen molar-refractivity contribution in [3.05, 3.63) is 51.9 Å². The fourth-order valence-corrected chi connectivity index (χ4v) is 2.65. The lowest BCUT2D eigenvalue weighted by Crippen LogP contribution is -2.26. The highest BCUT2D eigenvalue weighted by atomic mass is 35.5. The van der Waals surface area contributed by atoms with E-state index in [0.29, 0.717) is 40.6 Å². The Morgan fingerprint density at radius 2 is 1.96 bits per heavy atom. The molecule has 2 rings (SSSR count). The maximum atomic E-state index is 11.9. The molecule has 0 spiro atoms. The van der Waals surface area contributed by atoms with E-state index >= 15 is 0 Å². The highest BCUT2D eigenvalue weighted by Gasteiger charge is 2.08. The summed E-state index contributed by atoms with van der Waals surface area (Å²) in [5.74, 6) is 0.962. The summed E-state index contributed by atoms with van der Waals surface area (Å²) in [6.07, 6.45) is 4.70. The normalized spacial score (nSPS) is 10.8. The zero-order valence-corrected chi connectivity index (χ0v) is 15.9. The van der Waals surface area contributed by atoms with Gasteiger partial charge >= 0.3 is 0 Å². The highest BCUT2D eigenvalue weighted by Crippen LogP contribution is 2.21. The second-order valence-corrected chi connectivity index (χ2v) is 6.98. The summed E-state index contributed by atoms with van der Waals surface area (Å²) in [5.41, 5.74) is 1.32.